The topological polar surface area (TPSA) is 23.8 Å². The molecule has 0 aromatic heterocycles. The summed E-state index contributed by atoms with van der Waals surface area (Å²) in [7, 11) is 0.930. The van der Waals surface area contributed by atoms with E-state index in [0.717, 1.165) is 21.1 Å². The Balaban J connectivity index is 3.61. The molecular formula is C10H2F4INS. The van der Waals surface area contributed by atoms with E-state index in [1.54, 1.807) is 21.2 Å². The molecule has 0 bridgehead atoms. The Morgan fingerprint density at radius 2 is 1.94 bits per heavy atom. The van der Waals surface area contributed by atoms with Crippen LogP contribution in [-0.2, 0) is 6.18 Å². The summed E-state index contributed by atoms with van der Waals surface area (Å²) in [5.74, 6) is 0.983. The molecule has 1 nitrogen and oxygen atoms in total. The highest BCUT2D eigenvalue weighted by molar-refractivity contribution is 14.2. The molecule has 0 spiro atoms. The highest BCUT2D eigenvalue weighted by Gasteiger charge is 2.37. The molecule has 0 saturated carbocycles. The molecule has 1 aromatic carbocycles. The Kier molecular flexibility index (Phi) is 4.66. The highest BCUT2D eigenvalue weighted by Crippen LogP contribution is 2.35. The predicted octanol–water partition coefficient (Wildman–Crippen LogP) is 4.11. The van der Waals surface area contributed by atoms with Gasteiger partial charge in [-0.05, 0) is 26.3 Å². The summed E-state index contributed by atoms with van der Waals surface area (Å²) < 4.78 is 51.4. The van der Waals surface area contributed by atoms with Gasteiger partial charge in [-0.3, -0.25) is 0 Å². The summed E-state index contributed by atoms with van der Waals surface area (Å²) in [4.78, 5) is 0. The number of rotatable bonds is 0. The van der Waals surface area contributed by atoms with Gasteiger partial charge in [0.2, 0.25) is 0 Å². The monoisotopic (exact) mass is 371 g/mol. The first-order valence-electron chi connectivity index (χ1n) is 4.00. The molecule has 88 valence electrons. The molecule has 17 heavy (non-hydrogen) atoms. The summed E-state index contributed by atoms with van der Waals surface area (Å²) in [5, 5.41) is 10.9. The van der Waals surface area contributed by atoms with E-state index < -0.39 is 28.7 Å². The number of hydrogen-bond acceptors (Lipinski definition) is 2. The van der Waals surface area contributed by atoms with Crippen LogP contribution in [-0.4, -0.2) is 0 Å². The van der Waals surface area contributed by atoms with Crippen LogP contribution in [0.25, 0.3) is 0 Å². The number of nitrogens with zero attached hydrogens (tertiary/aromatic N) is 1. The largest absolute Gasteiger partial charge is 0.418 e. The van der Waals surface area contributed by atoms with Crippen LogP contribution >= 0.6 is 30.1 Å². The smallest absolute Gasteiger partial charge is 0.206 e. The van der Waals surface area contributed by atoms with Crippen molar-refractivity contribution >= 4 is 30.1 Å². The molecule has 0 heterocycles. The van der Waals surface area contributed by atoms with E-state index in [9.17, 15) is 17.6 Å². The van der Waals surface area contributed by atoms with Gasteiger partial charge in [-0.1, -0.05) is 5.92 Å². The first-order chi connectivity index (χ1) is 7.91. The maximum Gasteiger partial charge on any atom is 0.418 e. The van der Waals surface area contributed by atoms with Crippen molar-refractivity contribution in [3.63, 3.8) is 0 Å². The minimum absolute atomic E-state index is 0.637. The van der Waals surface area contributed by atoms with Gasteiger partial charge in [0.25, 0.3) is 0 Å². The van der Waals surface area contributed by atoms with Crippen LogP contribution in [0.2, 0.25) is 0 Å². The molecule has 0 unspecified atom stereocenters. The lowest BCUT2D eigenvalue weighted by atomic mass is 10.0. The third-order valence-corrected chi connectivity index (χ3v) is 2.61. The van der Waals surface area contributed by atoms with Gasteiger partial charge in [0, 0.05) is 21.2 Å². The van der Waals surface area contributed by atoms with E-state index >= 15 is 0 Å². The van der Waals surface area contributed by atoms with Crippen molar-refractivity contribution in [1.29, 1.82) is 5.26 Å². The SMILES string of the molecule is N#Cc1ccc(F)c(C#CSI)c1C(F)(F)F. The van der Waals surface area contributed by atoms with Crippen molar-refractivity contribution in [3.05, 3.63) is 34.6 Å². The van der Waals surface area contributed by atoms with Gasteiger partial charge in [0.1, 0.15) is 5.82 Å². The van der Waals surface area contributed by atoms with Gasteiger partial charge in [-0.25, -0.2) is 4.39 Å². The normalized spacial score (nSPS) is 10.4. The number of benzene rings is 1. The lowest BCUT2D eigenvalue weighted by molar-refractivity contribution is -0.138. The zero-order valence-corrected chi connectivity index (χ0v) is 10.9. The van der Waals surface area contributed by atoms with Crippen molar-refractivity contribution in [2.24, 2.45) is 0 Å². The summed E-state index contributed by atoms with van der Waals surface area (Å²) in [6.45, 7) is 0. The Morgan fingerprint density at radius 3 is 2.41 bits per heavy atom. The molecule has 0 saturated heterocycles. The summed E-state index contributed by atoms with van der Waals surface area (Å²) >= 11 is 1.75. The lowest BCUT2D eigenvalue weighted by Crippen LogP contribution is -2.12. The summed E-state index contributed by atoms with van der Waals surface area (Å²) in [6.07, 6.45) is -4.81. The van der Waals surface area contributed by atoms with Crippen LogP contribution in [0.3, 0.4) is 0 Å². The van der Waals surface area contributed by atoms with Crippen LogP contribution in [0.15, 0.2) is 12.1 Å². The van der Waals surface area contributed by atoms with Gasteiger partial charge in [0.15, 0.2) is 0 Å². The van der Waals surface area contributed by atoms with Crippen LogP contribution < -0.4 is 0 Å². The second-order valence-corrected chi connectivity index (χ2v) is 4.44. The third-order valence-electron chi connectivity index (χ3n) is 1.77. The highest BCUT2D eigenvalue weighted by atomic mass is 127. The fourth-order valence-corrected chi connectivity index (χ4v) is 1.63. The molecule has 0 aliphatic rings. The van der Waals surface area contributed by atoms with E-state index in [-0.39, 0.29) is 0 Å². The molecule has 0 aliphatic carbocycles. The van der Waals surface area contributed by atoms with Crippen molar-refractivity contribution in [2.75, 3.05) is 0 Å². The van der Waals surface area contributed by atoms with Crippen molar-refractivity contribution in [3.8, 4) is 17.2 Å². The second kappa shape index (κ2) is 5.61. The summed E-state index contributed by atoms with van der Waals surface area (Å²) in [5.41, 5.74) is -2.75. The molecule has 1 rings (SSSR count). The molecule has 0 fully saturated rings. The lowest BCUT2D eigenvalue weighted by Gasteiger charge is -2.11. The molecular weight excluding hydrogens is 369 g/mol. The third kappa shape index (κ3) is 3.27. The van der Waals surface area contributed by atoms with Crippen LogP contribution in [0.4, 0.5) is 17.6 Å². The maximum absolute atomic E-state index is 13.3. The van der Waals surface area contributed by atoms with E-state index in [0.29, 0.717) is 0 Å². The first-order valence-corrected chi connectivity index (χ1v) is 7.36. The second-order valence-electron chi connectivity index (χ2n) is 2.76. The van der Waals surface area contributed by atoms with Gasteiger partial charge >= 0.3 is 6.18 Å². The van der Waals surface area contributed by atoms with Gasteiger partial charge < -0.3 is 0 Å². The van der Waals surface area contributed by atoms with Crippen molar-refractivity contribution < 1.29 is 17.6 Å². The van der Waals surface area contributed by atoms with Crippen molar-refractivity contribution in [2.45, 2.75) is 6.18 Å². The molecule has 7 heteroatoms. The molecule has 0 radical (unpaired) electrons. The molecule has 0 aliphatic heterocycles. The Morgan fingerprint density at radius 1 is 1.29 bits per heavy atom. The van der Waals surface area contributed by atoms with E-state index in [1.807, 2.05) is 0 Å². The average Bonchev–Trinajstić information content (AvgIpc) is 2.25. The maximum atomic E-state index is 13.3. The van der Waals surface area contributed by atoms with Crippen molar-refractivity contribution in [1.82, 2.24) is 0 Å². The Bertz CT molecular complexity index is 536. The fraction of sp³-hybridized carbons (Fsp3) is 0.100. The quantitative estimate of drug-likeness (QED) is 0.390. The average molecular weight is 371 g/mol. The van der Waals surface area contributed by atoms with Gasteiger partial charge in [0.05, 0.1) is 22.8 Å². The van der Waals surface area contributed by atoms with Crippen LogP contribution in [0, 0.1) is 28.3 Å². The molecule has 0 atom stereocenters. The van der Waals surface area contributed by atoms with Gasteiger partial charge in [-0.2, -0.15) is 18.4 Å². The number of hydrogen-bond donors (Lipinski definition) is 0. The Labute approximate surface area is 111 Å². The number of halogens is 5. The molecule has 0 N–H and O–H groups in total. The van der Waals surface area contributed by atoms with E-state index in [2.05, 4.69) is 11.2 Å². The number of nitriles is 1. The predicted molar refractivity (Wildman–Crippen MR) is 64.6 cm³/mol. The van der Waals surface area contributed by atoms with Crippen LogP contribution in [0.5, 0.6) is 0 Å². The zero-order valence-electron chi connectivity index (χ0n) is 7.90. The van der Waals surface area contributed by atoms with Gasteiger partial charge in [-0.15, -0.1) is 0 Å². The molecule has 1 aromatic rings. The van der Waals surface area contributed by atoms with E-state index in [1.165, 1.54) is 6.07 Å². The van der Waals surface area contributed by atoms with E-state index in [4.69, 9.17) is 5.26 Å². The Hall–Kier alpha value is -0.930. The fourth-order valence-electron chi connectivity index (χ4n) is 1.16. The first kappa shape index (κ1) is 14.1. The summed E-state index contributed by atoms with van der Waals surface area (Å²) in [6, 6.07) is 2.98. The number of alkyl halides is 3. The minimum atomic E-state index is -4.81. The standard InChI is InChI=1S/C10H2F4INS/c11-8-2-1-6(5-16)9(10(12,13)14)7(8)3-4-17-15/h1-2H. The molecule has 0 amide bonds. The van der Waals surface area contributed by atoms with Crippen LogP contribution in [0.1, 0.15) is 16.7 Å². The minimum Gasteiger partial charge on any atom is -0.206 e. The zero-order chi connectivity index (χ0) is 13.1.